The Morgan fingerprint density at radius 1 is 1.00 bits per heavy atom. The zero-order chi connectivity index (χ0) is 23.5. The molecule has 0 atom stereocenters. The van der Waals surface area contributed by atoms with Crippen LogP contribution < -0.4 is 10.8 Å². The first-order valence-corrected chi connectivity index (χ1v) is 11.1. The van der Waals surface area contributed by atoms with Crippen LogP contribution in [0.15, 0.2) is 72.3 Å². The van der Waals surface area contributed by atoms with Crippen molar-refractivity contribution in [1.29, 1.82) is 0 Å². The Bertz CT molecular complexity index is 1010. The largest absolute Gasteiger partial charge is 0.324 e. The molecule has 7 nitrogen and oxygen atoms in total. The van der Waals surface area contributed by atoms with Gasteiger partial charge in [0.2, 0.25) is 0 Å². The highest BCUT2D eigenvalue weighted by molar-refractivity contribution is 6.04. The molecule has 0 spiro atoms. The van der Waals surface area contributed by atoms with Crippen LogP contribution in [-0.4, -0.2) is 34.5 Å². The van der Waals surface area contributed by atoms with E-state index in [1.54, 1.807) is 40.7 Å². The van der Waals surface area contributed by atoms with Crippen LogP contribution in [0.2, 0.25) is 0 Å². The molecular formula is C26H29N3O4. The number of amides is 4. The SMILES string of the molecule is O=C(/C=C/c1ccc(CN(CCC2=CCCCC2)C(=O)NC(=O)c2ccccc2)cc1)NO. The number of carbonyl (C=O) groups is 3. The average Bonchev–Trinajstić information content (AvgIpc) is 2.86. The number of hydrogen-bond acceptors (Lipinski definition) is 4. The van der Waals surface area contributed by atoms with Gasteiger partial charge in [-0.25, -0.2) is 10.3 Å². The topological polar surface area (TPSA) is 98.7 Å². The van der Waals surface area contributed by atoms with E-state index in [0.717, 1.165) is 30.4 Å². The van der Waals surface area contributed by atoms with Crippen LogP contribution in [0.5, 0.6) is 0 Å². The highest BCUT2D eigenvalue weighted by atomic mass is 16.5. The summed E-state index contributed by atoms with van der Waals surface area (Å²) in [6.45, 7) is 0.861. The van der Waals surface area contributed by atoms with E-state index < -0.39 is 17.8 Å². The molecule has 3 N–H and O–H groups in total. The van der Waals surface area contributed by atoms with Gasteiger partial charge in [0.25, 0.3) is 11.8 Å². The molecule has 0 aliphatic heterocycles. The number of benzene rings is 2. The lowest BCUT2D eigenvalue weighted by molar-refractivity contribution is -0.124. The number of imide groups is 1. The Hall–Kier alpha value is -3.71. The first kappa shape index (κ1) is 23.9. The number of nitrogens with zero attached hydrogens (tertiary/aromatic N) is 1. The van der Waals surface area contributed by atoms with E-state index in [-0.39, 0.29) is 0 Å². The summed E-state index contributed by atoms with van der Waals surface area (Å²) >= 11 is 0. The van der Waals surface area contributed by atoms with Crippen molar-refractivity contribution in [3.8, 4) is 0 Å². The Kier molecular flexibility index (Phi) is 8.97. The summed E-state index contributed by atoms with van der Waals surface area (Å²) in [6.07, 6.45) is 10.4. The Morgan fingerprint density at radius 3 is 2.42 bits per heavy atom. The van der Waals surface area contributed by atoms with Gasteiger partial charge in [0, 0.05) is 24.7 Å². The molecule has 172 valence electrons. The molecule has 33 heavy (non-hydrogen) atoms. The fourth-order valence-electron chi connectivity index (χ4n) is 3.66. The summed E-state index contributed by atoms with van der Waals surface area (Å²) in [4.78, 5) is 38.3. The van der Waals surface area contributed by atoms with Crippen LogP contribution in [0.25, 0.3) is 6.08 Å². The normalized spacial score (nSPS) is 13.3. The minimum atomic E-state index is -0.609. The molecule has 2 aromatic rings. The zero-order valence-electron chi connectivity index (χ0n) is 18.5. The van der Waals surface area contributed by atoms with E-state index in [4.69, 9.17) is 5.21 Å². The van der Waals surface area contributed by atoms with Crippen molar-refractivity contribution < 1.29 is 19.6 Å². The Balaban J connectivity index is 1.68. The van der Waals surface area contributed by atoms with Gasteiger partial charge in [0.15, 0.2) is 0 Å². The molecule has 3 rings (SSSR count). The van der Waals surface area contributed by atoms with E-state index in [2.05, 4.69) is 11.4 Å². The fraction of sp³-hybridized carbons (Fsp3) is 0.269. The quantitative estimate of drug-likeness (QED) is 0.241. The van der Waals surface area contributed by atoms with Crippen molar-refractivity contribution in [2.75, 3.05) is 6.54 Å². The third-order valence-corrected chi connectivity index (χ3v) is 5.52. The smallest absolute Gasteiger partial charge is 0.320 e. The van der Waals surface area contributed by atoms with Gasteiger partial charge in [0.05, 0.1) is 0 Å². The Labute approximate surface area is 193 Å². The van der Waals surface area contributed by atoms with Gasteiger partial charge in [-0.1, -0.05) is 54.1 Å². The van der Waals surface area contributed by atoms with Crippen LogP contribution in [0.1, 0.15) is 53.6 Å². The summed E-state index contributed by atoms with van der Waals surface area (Å²) in [7, 11) is 0. The Morgan fingerprint density at radius 2 is 1.76 bits per heavy atom. The van der Waals surface area contributed by atoms with Crippen LogP contribution >= 0.6 is 0 Å². The van der Waals surface area contributed by atoms with E-state index in [9.17, 15) is 14.4 Å². The molecule has 0 bridgehead atoms. The van der Waals surface area contributed by atoms with Gasteiger partial charge in [-0.15, -0.1) is 0 Å². The maximum absolute atomic E-state index is 13.0. The van der Waals surface area contributed by atoms with E-state index in [1.807, 2.05) is 30.3 Å². The molecule has 1 aliphatic carbocycles. The third-order valence-electron chi connectivity index (χ3n) is 5.52. The molecule has 0 unspecified atom stereocenters. The second-order valence-electron chi connectivity index (χ2n) is 7.96. The fourth-order valence-corrected chi connectivity index (χ4v) is 3.66. The van der Waals surface area contributed by atoms with Gasteiger partial charge in [-0.2, -0.15) is 0 Å². The lowest BCUT2D eigenvalue weighted by Crippen LogP contribution is -2.43. The number of urea groups is 1. The predicted octanol–water partition coefficient (Wildman–Crippen LogP) is 4.45. The maximum atomic E-state index is 13.0. The van der Waals surface area contributed by atoms with E-state index in [1.165, 1.54) is 24.5 Å². The first-order chi connectivity index (χ1) is 16.0. The number of nitrogens with one attached hydrogen (secondary N) is 2. The van der Waals surface area contributed by atoms with Crippen molar-refractivity contribution in [3.05, 3.63) is 89.0 Å². The van der Waals surface area contributed by atoms with Crippen molar-refractivity contribution in [1.82, 2.24) is 15.7 Å². The molecule has 0 saturated heterocycles. The average molecular weight is 448 g/mol. The van der Waals surface area contributed by atoms with Crippen LogP contribution in [0.4, 0.5) is 4.79 Å². The monoisotopic (exact) mass is 447 g/mol. The van der Waals surface area contributed by atoms with Crippen LogP contribution in [0, 0.1) is 0 Å². The van der Waals surface area contributed by atoms with E-state index >= 15 is 0 Å². The number of hydrogen-bond donors (Lipinski definition) is 3. The number of allylic oxidation sites excluding steroid dienone is 1. The summed E-state index contributed by atoms with van der Waals surface area (Å²) < 4.78 is 0. The van der Waals surface area contributed by atoms with Crippen molar-refractivity contribution in [2.45, 2.75) is 38.6 Å². The van der Waals surface area contributed by atoms with Gasteiger partial charge < -0.3 is 4.90 Å². The second kappa shape index (κ2) is 12.4. The lowest BCUT2D eigenvalue weighted by atomic mass is 9.97. The molecule has 1 aliphatic rings. The molecule has 0 aromatic heterocycles. The predicted molar refractivity (Wildman–Crippen MR) is 126 cm³/mol. The van der Waals surface area contributed by atoms with E-state index in [0.29, 0.717) is 18.7 Å². The molecular weight excluding hydrogens is 418 g/mol. The van der Waals surface area contributed by atoms with Crippen LogP contribution in [-0.2, 0) is 11.3 Å². The second-order valence-corrected chi connectivity index (χ2v) is 7.96. The summed E-state index contributed by atoms with van der Waals surface area (Å²) in [6, 6.07) is 15.6. The summed E-state index contributed by atoms with van der Waals surface area (Å²) in [5.74, 6) is -1.04. The minimum Gasteiger partial charge on any atom is -0.320 e. The zero-order valence-corrected chi connectivity index (χ0v) is 18.5. The third kappa shape index (κ3) is 7.73. The number of carbonyl (C=O) groups excluding carboxylic acids is 3. The lowest BCUT2D eigenvalue weighted by Gasteiger charge is -2.24. The molecule has 0 heterocycles. The maximum Gasteiger partial charge on any atom is 0.324 e. The molecule has 0 radical (unpaired) electrons. The van der Waals surface area contributed by atoms with Gasteiger partial charge >= 0.3 is 6.03 Å². The molecule has 0 fully saturated rings. The molecule has 0 saturated carbocycles. The van der Waals surface area contributed by atoms with Crippen LogP contribution in [0.3, 0.4) is 0 Å². The van der Waals surface area contributed by atoms with Crippen molar-refractivity contribution in [2.24, 2.45) is 0 Å². The molecule has 2 aromatic carbocycles. The number of hydroxylamine groups is 1. The number of rotatable bonds is 8. The first-order valence-electron chi connectivity index (χ1n) is 11.1. The van der Waals surface area contributed by atoms with Gasteiger partial charge in [-0.3, -0.25) is 20.1 Å². The highest BCUT2D eigenvalue weighted by Gasteiger charge is 2.18. The highest BCUT2D eigenvalue weighted by Crippen LogP contribution is 2.21. The minimum absolute atomic E-state index is 0.350. The summed E-state index contributed by atoms with van der Waals surface area (Å²) in [5.41, 5.74) is 5.02. The van der Waals surface area contributed by atoms with Gasteiger partial charge in [-0.05, 0) is 61.4 Å². The van der Waals surface area contributed by atoms with Gasteiger partial charge in [0.1, 0.15) is 0 Å². The standard InChI is InChI=1S/C26H29N3O4/c30-24(28-33)16-15-21-11-13-22(14-12-21)19-29(18-17-20-7-3-1-4-8-20)26(32)27-25(31)23-9-5-2-6-10-23/h2,5-7,9-16,33H,1,3-4,8,17-19H2,(H,28,30)(H,27,31,32)/b16-15+. The van der Waals surface area contributed by atoms with Crippen molar-refractivity contribution in [3.63, 3.8) is 0 Å². The molecule has 7 heteroatoms. The van der Waals surface area contributed by atoms with Crippen molar-refractivity contribution >= 4 is 23.9 Å². The molecule has 4 amide bonds. The summed E-state index contributed by atoms with van der Waals surface area (Å²) in [5, 5.41) is 11.1.